The molecule has 0 radical (unpaired) electrons. The molecule has 0 saturated carbocycles. The lowest BCUT2D eigenvalue weighted by atomic mass is 9.95. The van der Waals surface area contributed by atoms with Gasteiger partial charge in [-0.15, -0.1) is 0 Å². The number of ketones is 1. The predicted octanol–water partition coefficient (Wildman–Crippen LogP) is 4.57. The van der Waals surface area contributed by atoms with Crippen LogP contribution in [0.2, 0.25) is 5.02 Å². The van der Waals surface area contributed by atoms with E-state index in [-0.39, 0.29) is 11.3 Å². The summed E-state index contributed by atoms with van der Waals surface area (Å²) in [5, 5.41) is 11.4. The van der Waals surface area contributed by atoms with Crippen molar-refractivity contribution in [2.45, 2.75) is 26.3 Å². The van der Waals surface area contributed by atoms with E-state index in [1.54, 1.807) is 36.4 Å². The SMILES string of the molecule is CCCN1C(=O)C(=O)/C(=C(\O)c2ccc(Cl)cc2)C1c1ccc(OCC)cc1. The quantitative estimate of drug-likeness (QED) is 0.439. The third kappa shape index (κ3) is 3.76. The zero-order valence-corrected chi connectivity index (χ0v) is 16.6. The minimum absolute atomic E-state index is 0.0879. The van der Waals surface area contributed by atoms with Crippen molar-refractivity contribution < 1.29 is 19.4 Å². The number of carbonyl (C=O) groups is 2. The first-order chi connectivity index (χ1) is 13.5. The number of hydrogen-bond donors (Lipinski definition) is 1. The summed E-state index contributed by atoms with van der Waals surface area (Å²) in [6.45, 7) is 4.80. The molecule has 2 aromatic carbocycles. The number of benzene rings is 2. The molecule has 1 atom stereocenters. The van der Waals surface area contributed by atoms with Crippen LogP contribution >= 0.6 is 11.6 Å². The van der Waals surface area contributed by atoms with Crippen LogP contribution in [0.3, 0.4) is 0 Å². The molecule has 0 spiro atoms. The Hall–Kier alpha value is -2.79. The number of carbonyl (C=O) groups excluding carboxylic acids is 2. The van der Waals surface area contributed by atoms with E-state index in [4.69, 9.17) is 16.3 Å². The molecule has 1 aliphatic heterocycles. The smallest absolute Gasteiger partial charge is 0.295 e. The standard InChI is InChI=1S/C22H22ClNO4/c1-3-13-24-19(14-7-11-17(12-8-14)28-4-2)18(21(26)22(24)27)20(25)15-5-9-16(23)10-6-15/h5-12,19,25H,3-4,13H2,1-2H3/b20-18-. The van der Waals surface area contributed by atoms with E-state index >= 15 is 0 Å². The average Bonchev–Trinajstić information content (AvgIpc) is 2.94. The maximum atomic E-state index is 12.8. The highest BCUT2D eigenvalue weighted by Gasteiger charge is 2.45. The van der Waals surface area contributed by atoms with E-state index < -0.39 is 17.7 Å². The average molecular weight is 400 g/mol. The number of hydrogen-bond acceptors (Lipinski definition) is 4. The van der Waals surface area contributed by atoms with Crippen molar-refractivity contribution in [2.75, 3.05) is 13.2 Å². The number of Topliss-reactive ketones (excluding diaryl/α,β-unsaturated/α-hetero) is 1. The number of nitrogens with zero attached hydrogens (tertiary/aromatic N) is 1. The van der Waals surface area contributed by atoms with Crippen LogP contribution in [0.15, 0.2) is 54.1 Å². The van der Waals surface area contributed by atoms with Gasteiger partial charge in [0.2, 0.25) is 0 Å². The third-order valence-electron chi connectivity index (χ3n) is 4.63. The summed E-state index contributed by atoms with van der Waals surface area (Å²) in [5.74, 6) is -0.778. The number of amides is 1. The highest BCUT2D eigenvalue weighted by molar-refractivity contribution is 6.46. The summed E-state index contributed by atoms with van der Waals surface area (Å²) in [4.78, 5) is 26.9. The molecule has 1 unspecified atom stereocenters. The molecule has 3 rings (SSSR count). The number of aliphatic hydroxyl groups excluding tert-OH is 1. The second kappa shape index (κ2) is 8.48. The van der Waals surface area contributed by atoms with Crippen molar-refractivity contribution in [3.63, 3.8) is 0 Å². The van der Waals surface area contributed by atoms with Crippen LogP contribution in [-0.2, 0) is 9.59 Å². The van der Waals surface area contributed by atoms with Crippen LogP contribution in [0.1, 0.15) is 37.4 Å². The van der Waals surface area contributed by atoms with Crippen molar-refractivity contribution in [2.24, 2.45) is 0 Å². The second-order valence-corrected chi connectivity index (χ2v) is 6.94. The minimum atomic E-state index is -0.681. The molecule has 0 aliphatic carbocycles. The van der Waals surface area contributed by atoms with Crippen molar-refractivity contribution in [3.8, 4) is 5.75 Å². The fourth-order valence-corrected chi connectivity index (χ4v) is 3.50. The molecule has 1 fully saturated rings. The highest BCUT2D eigenvalue weighted by atomic mass is 35.5. The maximum Gasteiger partial charge on any atom is 0.295 e. The third-order valence-corrected chi connectivity index (χ3v) is 4.88. The lowest BCUT2D eigenvalue weighted by Crippen LogP contribution is -2.30. The van der Waals surface area contributed by atoms with Gasteiger partial charge in [-0.3, -0.25) is 9.59 Å². The van der Waals surface area contributed by atoms with Gasteiger partial charge in [-0.05, 0) is 55.3 Å². The molecule has 146 valence electrons. The first-order valence-corrected chi connectivity index (χ1v) is 9.62. The zero-order valence-electron chi connectivity index (χ0n) is 15.8. The molecule has 1 saturated heterocycles. The Morgan fingerprint density at radius 3 is 2.29 bits per heavy atom. The highest BCUT2D eigenvalue weighted by Crippen LogP contribution is 2.39. The van der Waals surface area contributed by atoms with Gasteiger partial charge in [0, 0.05) is 17.1 Å². The molecule has 28 heavy (non-hydrogen) atoms. The molecular weight excluding hydrogens is 378 g/mol. The van der Waals surface area contributed by atoms with Crippen molar-refractivity contribution in [1.82, 2.24) is 4.90 Å². The van der Waals surface area contributed by atoms with Gasteiger partial charge >= 0.3 is 0 Å². The Labute approximate surface area is 169 Å². The molecule has 0 bridgehead atoms. The molecule has 1 heterocycles. The van der Waals surface area contributed by atoms with Gasteiger partial charge in [-0.1, -0.05) is 30.7 Å². The molecule has 1 aliphatic rings. The van der Waals surface area contributed by atoms with Crippen molar-refractivity contribution in [1.29, 1.82) is 0 Å². The van der Waals surface area contributed by atoms with Crippen LogP contribution in [0.5, 0.6) is 5.75 Å². The van der Waals surface area contributed by atoms with Gasteiger partial charge < -0.3 is 14.7 Å². The normalized spacial score (nSPS) is 18.5. The van der Waals surface area contributed by atoms with Gasteiger partial charge in [0.1, 0.15) is 11.5 Å². The van der Waals surface area contributed by atoms with Crippen LogP contribution in [0.4, 0.5) is 0 Å². The molecule has 0 aromatic heterocycles. The number of ether oxygens (including phenoxy) is 1. The van der Waals surface area contributed by atoms with Crippen LogP contribution in [-0.4, -0.2) is 34.8 Å². The number of aliphatic hydroxyl groups is 1. The van der Waals surface area contributed by atoms with Gasteiger partial charge in [0.15, 0.2) is 0 Å². The zero-order chi connectivity index (χ0) is 20.3. The number of halogens is 1. The van der Waals surface area contributed by atoms with Gasteiger partial charge in [0.05, 0.1) is 18.2 Å². The molecular formula is C22H22ClNO4. The lowest BCUT2D eigenvalue weighted by molar-refractivity contribution is -0.139. The maximum absolute atomic E-state index is 12.8. The summed E-state index contributed by atoms with van der Waals surface area (Å²) in [6.07, 6.45) is 0.696. The summed E-state index contributed by atoms with van der Waals surface area (Å²) >= 11 is 5.92. The summed E-state index contributed by atoms with van der Waals surface area (Å²) in [6, 6.07) is 13.1. The van der Waals surface area contributed by atoms with E-state index in [1.807, 2.05) is 26.0 Å². The van der Waals surface area contributed by atoms with Crippen molar-refractivity contribution >= 4 is 29.1 Å². The summed E-state index contributed by atoms with van der Waals surface area (Å²) in [5.41, 5.74) is 1.27. The van der Waals surface area contributed by atoms with Gasteiger partial charge in [-0.2, -0.15) is 0 Å². The van der Waals surface area contributed by atoms with E-state index in [9.17, 15) is 14.7 Å². The molecule has 6 heteroatoms. The Balaban J connectivity index is 2.11. The second-order valence-electron chi connectivity index (χ2n) is 6.50. The van der Waals surface area contributed by atoms with E-state index in [2.05, 4.69) is 0 Å². The number of likely N-dealkylation sites (tertiary alicyclic amines) is 1. The first kappa shape index (κ1) is 20.0. The first-order valence-electron chi connectivity index (χ1n) is 9.25. The van der Waals surface area contributed by atoms with Crippen LogP contribution in [0, 0.1) is 0 Å². The Kier molecular flexibility index (Phi) is 6.05. The van der Waals surface area contributed by atoms with Crippen molar-refractivity contribution in [3.05, 3.63) is 70.3 Å². The molecule has 2 aromatic rings. The van der Waals surface area contributed by atoms with E-state index in [0.29, 0.717) is 35.9 Å². The Morgan fingerprint density at radius 2 is 1.71 bits per heavy atom. The lowest BCUT2D eigenvalue weighted by Gasteiger charge is -2.25. The molecule has 1 amide bonds. The molecule has 1 N–H and O–H groups in total. The Bertz CT molecular complexity index is 903. The largest absolute Gasteiger partial charge is 0.507 e. The number of rotatable bonds is 6. The van der Waals surface area contributed by atoms with Crippen LogP contribution < -0.4 is 4.74 Å². The fraction of sp³-hybridized carbons (Fsp3) is 0.273. The van der Waals surface area contributed by atoms with Gasteiger partial charge in [0.25, 0.3) is 11.7 Å². The van der Waals surface area contributed by atoms with E-state index in [1.165, 1.54) is 4.90 Å². The fourth-order valence-electron chi connectivity index (χ4n) is 3.37. The Morgan fingerprint density at radius 1 is 1.07 bits per heavy atom. The minimum Gasteiger partial charge on any atom is -0.507 e. The topological polar surface area (TPSA) is 66.8 Å². The summed E-state index contributed by atoms with van der Waals surface area (Å²) < 4.78 is 5.47. The monoisotopic (exact) mass is 399 g/mol. The summed E-state index contributed by atoms with van der Waals surface area (Å²) in [7, 11) is 0. The van der Waals surface area contributed by atoms with Gasteiger partial charge in [-0.25, -0.2) is 0 Å². The molecule has 5 nitrogen and oxygen atoms in total. The van der Waals surface area contributed by atoms with Crippen LogP contribution in [0.25, 0.3) is 5.76 Å². The van der Waals surface area contributed by atoms with E-state index in [0.717, 1.165) is 5.56 Å². The predicted molar refractivity (Wildman–Crippen MR) is 108 cm³/mol.